The quantitative estimate of drug-likeness (QED) is 0.0341. The first-order valence-electron chi connectivity index (χ1n) is 26.3. The van der Waals surface area contributed by atoms with E-state index in [0.717, 1.165) is 92.9 Å². The Labute approximate surface area is 452 Å². The van der Waals surface area contributed by atoms with E-state index in [1.54, 1.807) is 12.1 Å². The number of likely N-dealkylation sites (N-methyl/N-ethyl adjacent to an activating group) is 1. The molecule has 1 aromatic heterocycles. The number of aromatic hydroxyl groups is 2. The molecule has 6 aromatic rings. The number of fused-ring (bicyclic) bond motifs is 7. The topological polar surface area (TPSA) is 190 Å². The van der Waals surface area contributed by atoms with Crippen LogP contribution in [0, 0.1) is 5.92 Å². The molecule has 0 unspecified atom stereocenters. The number of anilines is 1. The fourth-order valence-electron chi connectivity index (χ4n) is 11.0. The number of carbonyl (C=O) groups excluding carboxylic acids is 4. The summed E-state index contributed by atoms with van der Waals surface area (Å²) >= 11 is 13.2. The van der Waals surface area contributed by atoms with Crippen LogP contribution in [0.3, 0.4) is 0 Å². The maximum atomic E-state index is 13.8. The number of amides is 3. The number of ether oxygens (including phenoxy) is 4. The number of methoxy groups -OCH3 is 2. The molecule has 0 bridgehead atoms. The minimum Gasteiger partial charge on any atom is -0.503 e. The van der Waals surface area contributed by atoms with Crippen LogP contribution in [0.1, 0.15) is 127 Å². The molecule has 17 heteroatoms. The number of unbranched alkanes of at least 4 members (excludes halogenated alkanes) is 5. The van der Waals surface area contributed by atoms with Crippen molar-refractivity contribution in [3.05, 3.63) is 134 Å². The molecule has 0 atom stereocenters. The van der Waals surface area contributed by atoms with Gasteiger partial charge in [0.05, 0.1) is 30.9 Å². The average molecular weight is 1080 g/mol. The van der Waals surface area contributed by atoms with E-state index in [2.05, 4.69) is 57.8 Å². The second-order valence-electron chi connectivity index (χ2n) is 19.7. The smallest absolute Gasteiger partial charge is 0.340 e. The molecule has 0 radical (unpaired) electrons. The van der Waals surface area contributed by atoms with Crippen molar-refractivity contribution in [3.8, 4) is 34.5 Å². The summed E-state index contributed by atoms with van der Waals surface area (Å²) in [6.07, 6.45) is 9.98. The molecule has 3 amide bonds. The Morgan fingerprint density at radius 3 is 2.05 bits per heavy atom. The first-order valence-corrected chi connectivity index (χ1v) is 27.1. The van der Waals surface area contributed by atoms with Crippen LogP contribution in [0.15, 0.2) is 84.9 Å². The highest BCUT2D eigenvalue weighted by Crippen LogP contribution is 2.63. The fraction of sp³-hybridized carbons (Fsp3) is 0.390. The van der Waals surface area contributed by atoms with Crippen LogP contribution < -0.4 is 35.1 Å². The molecule has 400 valence electrons. The van der Waals surface area contributed by atoms with Gasteiger partial charge in [0.15, 0.2) is 40.1 Å². The number of phenolic OH excluding ortho intramolecular Hbond substituents is 2. The zero-order valence-corrected chi connectivity index (χ0v) is 44.9. The summed E-state index contributed by atoms with van der Waals surface area (Å²) in [6, 6.07) is 26.5. The van der Waals surface area contributed by atoms with E-state index in [0.29, 0.717) is 37.8 Å². The first-order chi connectivity index (χ1) is 36.8. The van der Waals surface area contributed by atoms with Crippen molar-refractivity contribution in [2.45, 2.75) is 109 Å². The molecule has 1 aliphatic carbocycles. The Morgan fingerprint density at radius 1 is 0.763 bits per heavy atom. The van der Waals surface area contributed by atoms with Crippen molar-refractivity contribution in [3.63, 3.8) is 0 Å². The Hall–Kier alpha value is -6.94. The van der Waals surface area contributed by atoms with Crippen molar-refractivity contribution >= 4 is 63.5 Å². The molecular formula is C59H65Cl2N5O10. The van der Waals surface area contributed by atoms with Crippen molar-refractivity contribution < 1.29 is 48.3 Å². The number of esters is 1. The number of hydrogen-bond donors (Lipinski definition) is 5. The van der Waals surface area contributed by atoms with Gasteiger partial charge < -0.3 is 54.6 Å². The van der Waals surface area contributed by atoms with Crippen molar-refractivity contribution in [2.24, 2.45) is 5.92 Å². The molecule has 1 spiro atoms. The summed E-state index contributed by atoms with van der Waals surface area (Å²) in [6.45, 7) is 6.71. The predicted molar refractivity (Wildman–Crippen MR) is 293 cm³/mol. The Balaban J connectivity index is 0.695. The maximum Gasteiger partial charge on any atom is 0.340 e. The molecular weight excluding hydrogens is 1010 g/mol. The summed E-state index contributed by atoms with van der Waals surface area (Å²) in [4.78, 5) is 56.1. The van der Waals surface area contributed by atoms with E-state index in [1.807, 2.05) is 36.1 Å². The Bertz CT molecular complexity index is 3100. The van der Waals surface area contributed by atoms with Gasteiger partial charge in [0, 0.05) is 66.2 Å². The zero-order valence-electron chi connectivity index (χ0n) is 43.4. The molecule has 2 aliphatic heterocycles. The van der Waals surface area contributed by atoms with Crippen LogP contribution in [-0.2, 0) is 39.4 Å². The molecule has 5 N–H and O–H groups in total. The summed E-state index contributed by atoms with van der Waals surface area (Å²) in [5.74, 6) is -1.88. The number of phenols is 2. The standard InChI is InChI=1S/C59H65Cl2N5O10/c1-5-35-16-15-18-40(28-35)65(6-2)49(67)34-66-41(29-37-17-11-12-19-46(37)66)33-64-39-23-20-36(21-24-39)56(70)62-26-13-9-7-8-10-14-27-63-57(71)38-22-25-43-42(30-38)58(72)76-59(43)44-31-47(73-3)52(68)50(60)54(44)75-55-45(59)32-48(74-4)53(69)51(55)61/h11-12,15-19,22,25,28-32,36,39,64,68-69H,5-10,13-14,20-21,23-24,26-27,33-34H2,1-4H3,(H,62,70)(H,63,71)/t36-,39-. The Kier molecular flexibility index (Phi) is 16.7. The number of nitrogens with zero attached hydrogens (tertiary/aromatic N) is 2. The zero-order chi connectivity index (χ0) is 53.7. The average Bonchev–Trinajstić information content (AvgIpc) is 3.98. The van der Waals surface area contributed by atoms with Gasteiger partial charge in [-0.15, -0.1) is 0 Å². The van der Waals surface area contributed by atoms with Crippen LogP contribution in [0.2, 0.25) is 10.0 Å². The van der Waals surface area contributed by atoms with Crippen LogP contribution >= 0.6 is 23.2 Å². The number of hydrogen-bond acceptors (Lipinski definition) is 11. The molecule has 15 nitrogen and oxygen atoms in total. The number of aromatic nitrogens is 1. The van der Waals surface area contributed by atoms with Gasteiger partial charge in [0.2, 0.25) is 11.8 Å². The van der Waals surface area contributed by atoms with Gasteiger partial charge in [0.1, 0.15) is 16.6 Å². The summed E-state index contributed by atoms with van der Waals surface area (Å²) in [7, 11) is 2.69. The highest BCUT2D eigenvalue weighted by molar-refractivity contribution is 6.35. The van der Waals surface area contributed by atoms with Crippen LogP contribution in [-0.4, -0.2) is 78.4 Å². The second kappa shape index (κ2) is 23.5. The number of nitrogens with one attached hydrogen (secondary N) is 3. The van der Waals surface area contributed by atoms with Gasteiger partial charge in [-0.2, -0.15) is 0 Å². The first kappa shape index (κ1) is 53.9. The molecule has 3 aliphatic rings. The lowest BCUT2D eigenvalue weighted by atomic mass is 9.77. The van der Waals surface area contributed by atoms with Crippen molar-refractivity contribution in [2.75, 3.05) is 38.8 Å². The highest BCUT2D eigenvalue weighted by atomic mass is 35.5. The second-order valence-corrected chi connectivity index (χ2v) is 20.5. The fourth-order valence-corrected chi connectivity index (χ4v) is 11.5. The predicted octanol–water partition coefficient (Wildman–Crippen LogP) is 11.1. The third kappa shape index (κ3) is 10.6. The molecule has 76 heavy (non-hydrogen) atoms. The Morgan fingerprint density at radius 2 is 1.41 bits per heavy atom. The third-order valence-corrected chi connectivity index (χ3v) is 15.8. The molecule has 1 fully saturated rings. The van der Waals surface area contributed by atoms with Crippen LogP contribution in [0.5, 0.6) is 34.5 Å². The lowest BCUT2D eigenvalue weighted by Gasteiger charge is -2.37. The number of halogens is 2. The van der Waals surface area contributed by atoms with Gasteiger partial charge in [-0.1, -0.05) is 92.2 Å². The summed E-state index contributed by atoms with van der Waals surface area (Å²) < 4.78 is 25.3. The van der Waals surface area contributed by atoms with E-state index >= 15 is 0 Å². The highest BCUT2D eigenvalue weighted by Gasteiger charge is 2.56. The van der Waals surface area contributed by atoms with E-state index in [9.17, 15) is 29.4 Å². The minimum absolute atomic E-state index is 0.00808. The minimum atomic E-state index is -1.75. The maximum absolute atomic E-state index is 13.8. The summed E-state index contributed by atoms with van der Waals surface area (Å²) in [5.41, 5.74) is 3.64. The largest absolute Gasteiger partial charge is 0.503 e. The van der Waals surface area contributed by atoms with Gasteiger partial charge in [-0.3, -0.25) is 14.4 Å². The van der Waals surface area contributed by atoms with Crippen LogP contribution in [0.25, 0.3) is 10.9 Å². The van der Waals surface area contributed by atoms with Crippen molar-refractivity contribution in [1.29, 1.82) is 0 Å². The molecule has 0 saturated heterocycles. The van der Waals surface area contributed by atoms with E-state index in [-0.39, 0.29) is 85.5 Å². The van der Waals surface area contributed by atoms with Crippen molar-refractivity contribution in [1.82, 2.24) is 20.5 Å². The van der Waals surface area contributed by atoms with Gasteiger partial charge in [-0.05, 0) is 111 Å². The SMILES string of the molecule is CCc1cccc(N(CC)C(=O)Cn2c(CN[C@H]3CC[C@H](C(=O)NCCCCCCCCNC(=O)c4ccc5c(c4)C(=O)OC54c5cc(OC)c(O)c(Cl)c5Oc5c4cc(OC)c(O)c5Cl)CC3)cc3ccccc32)c1. The molecule has 3 heterocycles. The van der Waals surface area contributed by atoms with Gasteiger partial charge >= 0.3 is 5.97 Å². The number of aryl methyl sites for hydroxylation is 1. The molecule has 9 rings (SSSR count). The lowest BCUT2D eigenvalue weighted by molar-refractivity contribution is -0.126. The normalized spacial score (nSPS) is 16.1. The van der Waals surface area contributed by atoms with E-state index in [4.69, 9.17) is 42.1 Å². The van der Waals surface area contributed by atoms with Gasteiger partial charge in [-0.25, -0.2) is 4.79 Å². The van der Waals surface area contributed by atoms with Crippen LogP contribution in [0.4, 0.5) is 5.69 Å². The monoisotopic (exact) mass is 1070 g/mol. The summed E-state index contributed by atoms with van der Waals surface area (Å²) in [5, 5.41) is 32.1. The lowest BCUT2D eigenvalue weighted by Crippen LogP contribution is -2.39. The number of benzene rings is 5. The third-order valence-electron chi connectivity index (χ3n) is 15.1. The van der Waals surface area contributed by atoms with Gasteiger partial charge in [0.25, 0.3) is 5.91 Å². The van der Waals surface area contributed by atoms with E-state index in [1.165, 1.54) is 38.0 Å². The molecule has 5 aromatic carbocycles. The number of carbonyl (C=O) groups is 4. The number of rotatable bonds is 21. The molecule has 1 saturated carbocycles. The van der Waals surface area contributed by atoms with E-state index < -0.39 is 23.1 Å². The number of para-hydroxylation sites is 1.